The van der Waals surface area contributed by atoms with Gasteiger partial charge in [-0.05, 0) is 12.5 Å². The average Bonchev–Trinajstić information content (AvgIpc) is 2.49. The number of aromatic nitrogens is 1. The first-order valence-corrected chi connectivity index (χ1v) is 6.45. The van der Waals surface area contributed by atoms with Gasteiger partial charge in [0.05, 0.1) is 6.61 Å². The number of nitrogens with one attached hydrogen (secondary N) is 1. The molecule has 1 N–H and O–H groups in total. The van der Waals surface area contributed by atoms with Crippen molar-refractivity contribution in [2.75, 3.05) is 6.61 Å². The molecule has 1 unspecified atom stereocenters. The summed E-state index contributed by atoms with van der Waals surface area (Å²) >= 11 is 0. The van der Waals surface area contributed by atoms with Crippen LogP contribution in [-0.2, 0) is 4.74 Å². The molecule has 0 aliphatic carbocycles. The van der Waals surface area contributed by atoms with Crippen LogP contribution in [0.3, 0.4) is 0 Å². The maximum atomic E-state index is 11.6. The Morgan fingerprint density at radius 3 is 2.50 bits per heavy atom. The Labute approximate surface area is 118 Å². The lowest BCUT2D eigenvalue weighted by molar-refractivity contribution is -0.629. The summed E-state index contributed by atoms with van der Waals surface area (Å²) in [6.45, 7) is 2.09. The molecule has 5 nitrogen and oxygen atoms in total. The van der Waals surface area contributed by atoms with Gasteiger partial charge in [-0.25, -0.2) is 9.47 Å². The van der Waals surface area contributed by atoms with E-state index in [1.807, 2.05) is 60.9 Å². The highest BCUT2D eigenvalue weighted by Crippen LogP contribution is 2.16. The molecule has 0 saturated carbocycles. The van der Waals surface area contributed by atoms with E-state index >= 15 is 0 Å². The minimum absolute atomic E-state index is 0.325. The van der Waals surface area contributed by atoms with Crippen LogP contribution in [0.25, 0.3) is 5.43 Å². The number of ether oxygens (including phenoxy) is 1. The van der Waals surface area contributed by atoms with Crippen molar-refractivity contribution in [2.45, 2.75) is 13.1 Å². The molecule has 1 aromatic heterocycles. The van der Waals surface area contributed by atoms with Gasteiger partial charge in [-0.3, -0.25) is 0 Å². The van der Waals surface area contributed by atoms with Crippen molar-refractivity contribution in [2.24, 2.45) is 0 Å². The Morgan fingerprint density at radius 2 is 1.85 bits per heavy atom. The number of amides is 1. The Kier molecular flexibility index (Phi) is 4.94. The highest BCUT2D eigenvalue weighted by Gasteiger charge is 2.09. The first-order chi connectivity index (χ1) is 9.79. The van der Waals surface area contributed by atoms with E-state index in [-0.39, 0.29) is 0 Å². The van der Waals surface area contributed by atoms with Crippen LogP contribution in [0.5, 0.6) is 0 Å². The smallest absolute Gasteiger partial charge is 0.406 e. The number of alkyl carbamates (subject to hydrolysis) is 1. The van der Waals surface area contributed by atoms with Crippen molar-refractivity contribution in [1.82, 2.24) is 5.32 Å². The third kappa shape index (κ3) is 3.98. The quantitative estimate of drug-likeness (QED) is 0.850. The van der Waals surface area contributed by atoms with Crippen LogP contribution >= 0.6 is 0 Å². The van der Waals surface area contributed by atoms with Crippen molar-refractivity contribution in [3.05, 3.63) is 71.9 Å². The molecule has 5 heteroatoms. The van der Waals surface area contributed by atoms with Gasteiger partial charge in [-0.2, -0.15) is 0 Å². The second-order valence-electron chi connectivity index (χ2n) is 4.05. The predicted molar refractivity (Wildman–Crippen MR) is 74.7 cm³/mol. The zero-order valence-electron chi connectivity index (χ0n) is 11.3. The van der Waals surface area contributed by atoms with Crippen molar-refractivity contribution in [1.29, 1.82) is 0 Å². The van der Waals surface area contributed by atoms with Crippen LogP contribution < -0.4 is 9.99 Å². The molecule has 0 bridgehead atoms. The monoisotopic (exact) mass is 271 g/mol. The molecular weight excluding hydrogens is 254 g/mol. The largest absolute Gasteiger partial charge is 0.450 e. The van der Waals surface area contributed by atoms with E-state index in [1.165, 1.54) is 0 Å². The highest BCUT2D eigenvalue weighted by molar-refractivity contribution is 5.68. The number of benzene rings is 1. The van der Waals surface area contributed by atoms with Gasteiger partial charge in [-0.15, -0.1) is 0 Å². The molecule has 0 radical (unpaired) electrons. The minimum Gasteiger partial charge on any atom is -0.450 e. The molecule has 0 spiro atoms. The maximum absolute atomic E-state index is 11.6. The molecule has 2 aromatic rings. The van der Waals surface area contributed by atoms with Crippen molar-refractivity contribution >= 4 is 6.09 Å². The predicted octanol–water partition coefficient (Wildman–Crippen LogP) is 2.56. The van der Waals surface area contributed by atoms with Crippen LogP contribution in [-0.4, -0.2) is 12.7 Å². The second-order valence-corrected chi connectivity index (χ2v) is 4.05. The molecule has 1 heterocycles. The molecule has 2 rings (SSSR count). The molecule has 1 aromatic carbocycles. The van der Waals surface area contributed by atoms with Crippen molar-refractivity contribution < 1.29 is 14.2 Å². The van der Waals surface area contributed by atoms with E-state index in [4.69, 9.17) is 4.74 Å². The fraction of sp³-hybridized carbons (Fsp3) is 0.200. The second kappa shape index (κ2) is 7.13. The summed E-state index contributed by atoms with van der Waals surface area (Å²) in [4.78, 5) is 11.6. The third-order valence-corrected chi connectivity index (χ3v) is 2.59. The lowest BCUT2D eigenvalue weighted by atomic mass is 10.2. The SMILES string of the molecule is CCOC(=O)NC([N-][n+]1ccccc1)c1ccccc1. The van der Waals surface area contributed by atoms with Crippen LogP contribution in [0.15, 0.2) is 60.9 Å². The van der Waals surface area contributed by atoms with Gasteiger partial charge in [0.1, 0.15) is 0 Å². The van der Waals surface area contributed by atoms with Gasteiger partial charge >= 0.3 is 6.09 Å². The van der Waals surface area contributed by atoms with Gasteiger partial charge in [0, 0.05) is 18.3 Å². The average molecular weight is 271 g/mol. The van der Waals surface area contributed by atoms with E-state index in [0.29, 0.717) is 6.61 Å². The summed E-state index contributed by atoms with van der Waals surface area (Å²) in [6.07, 6.45) is 2.63. The number of carbonyl (C=O) groups is 1. The maximum Gasteiger partial charge on any atom is 0.406 e. The van der Waals surface area contributed by atoms with E-state index in [9.17, 15) is 4.79 Å². The molecular formula is C15H17N3O2. The Hall–Kier alpha value is -2.56. The topological polar surface area (TPSA) is 56.3 Å². The fourth-order valence-corrected chi connectivity index (χ4v) is 1.70. The zero-order chi connectivity index (χ0) is 14.2. The molecule has 0 aliphatic heterocycles. The number of carbonyl (C=O) groups excluding carboxylic acids is 1. The minimum atomic E-state index is -0.498. The summed E-state index contributed by atoms with van der Waals surface area (Å²) in [5.41, 5.74) is 5.34. The molecule has 0 saturated heterocycles. The first-order valence-electron chi connectivity index (χ1n) is 6.45. The first kappa shape index (κ1) is 13.9. The summed E-state index contributed by atoms with van der Waals surface area (Å²) in [7, 11) is 0. The van der Waals surface area contributed by atoms with Crippen molar-refractivity contribution in [3.63, 3.8) is 0 Å². The van der Waals surface area contributed by atoms with Gasteiger partial charge in [0.2, 0.25) is 0 Å². The lowest BCUT2D eigenvalue weighted by Gasteiger charge is -2.27. The Morgan fingerprint density at radius 1 is 1.20 bits per heavy atom. The number of nitrogens with zero attached hydrogens (tertiary/aromatic N) is 2. The number of hydrogen-bond acceptors (Lipinski definition) is 2. The van der Waals surface area contributed by atoms with Crippen LogP contribution in [0.2, 0.25) is 0 Å². The number of rotatable bonds is 5. The van der Waals surface area contributed by atoms with Gasteiger partial charge in [0.25, 0.3) is 0 Å². The van der Waals surface area contributed by atoms with E-state index in [1.54, 1.807) is 11.6 Å². The summed E-state index contributed by atoms with van der Waals surface area (Å²) in [6, 6.07) is 15.2. The summed E-state index contributed by atoms with van der Waals surface area (Å²) in [5.74, 6) is 0. The third-order valence-electron chi connectivity index (χ3n) is 2.59. The molecule has 1 atom stereocenters. The highest BCUT2D eigenvalue weighted by atomic mass is 16.5. The zero-order valence-corrected chi connectivity index (χ0v) is 11.3. The molecule has 0 fully saturated rings. The summed E-state index contributed by atoms with van der Waals surface area (Å²) < 4.78 is 6.57. The Bertz CT molecular complexity index is 531. The molecule has 20 heavy (non-hydrogen) atoms. The number of pyridine rings is 1. The Balaban J connectivity index is 2.14. The van der Waals surface area contributed by atoms with E-state index in [0.717, 1.165) is 5.56 Å². The normalized spacial score (nSPS) is 11.4. The fourth-order valence-electron chi connectivity index (χ4n) is 1.70. The standard InChI is InChI=1S/C15H17N3O2/c1-2-20-15(19)16-14(13-9-5-3-6-10-13)17-18-11-7-4-8-12-18/h3-12,14H,2H2,1H3,(H,16,19). The van der Waals surface area contributed by atoms with Crippen LogP contribution in [0, 0.1) is 0 Å². The van der Waals surface area contributed by atoms with Crippen molar-refractivity contribution in [3.8, 4) is 0 Å². The van der Waals surface area contributed by atoms with E-state index < -0.39 is 12.3 Å². The molecule has 104 valence electrons. The van der Waals surface area contributed by atoms with Gasteiger partial charge < -0.3 is 15.5 Å². The van der Waals surface area contributed by atoms with Crippen LogP contribution in [0.4, 0.5) is 4.79 Å². The molecule has 1 amide bonds. The van der Waals surface area contributed by atoms with E-state index in [2.05, 4.69) is 10.7 Å². The van der Waals surface area contributed by atoms with Gasteiger partial charge in [0.15, 0.2) is 12.4 Å². The van der Waals surface area contributed by atoms with Gasteiger partial charge in [-0.1, -0.05) is 36.4 Å². The van der Waals surface area contributed by atoms with Crippen LogP contribution in [0.1, 0.15) is 18.7 Å². The lowest BCUT2D eigenvalue weighted by Crippen LogP contribution is -2.37. The summed E-state index contributed by atoms with van der Waals surface area (Å²) in [5, 5.41) is 2.73. The molecule has 0 aliphatic rings. The number of hydrogen-bond donors (Lipinski definition) is 1.